The molecule has 1 aromatic carbocycles. The summed E-state index contributed by atoms with van der Waals surface area (Å²) in [6, 6.07) is 10.3. The van der Waals surface area contributed by atoms with E-state index in [2.05, 4.69) is 22.2 Å². The van der Waals surface area contributed by atoms with E-state index in [1.165, 1.54) is 6.33 Å². The molecule has 0 saturated carbocycles. The fourth-order valence-electron chi connectivity index (χ4n) is 1.19. The summed E-state index contributed by atoms with van der Waals surface area (Å²) in [7, 11) is 0. The second-order valence-corrected chi connectivity index (χ2v) is 2.79. The summed E-state index contributed by atoms with van der Waals surface area (Å²) in [5.74, 6) is 0. The van der Waals surface area contributed by atoms with Gasteiger partial charge in [0.25, 0.3) is 0 Å². The van der Waals surface area contributed by atoms with Gasteiger partial charge in [0.15, 0.2) is 0 Å². The van der Waals surface area contributed by atoms with Gasteiger partial charge in [-0.2, -0.15) is 10.4 Å². The molecule has 1 heterocycles. The molecule has 0 aliphatic rings. The van der Waals surface area contributed by atoms with Crippen LogP contribution in [0.15, 0.2) is 30.9 Å². The molecule has 0 unspecified atom stereocenters. The summed E-state index contributed by atoms with van der Waals surface area (Å²) in [6.07, 6.45) is 3.10. The maximum absolute atomic E-state index is 8.83. The van der Waals surface area contributed by atoms with Crippen molar-refractivity contribution >= 4 is 0 Å². The molecule has 0 spiro atoms. The van der Waals surface area contributed by atoms with Crippen molar-refractivity contribution in [2.24, 2.45) is 0 Å². The van der Waals surface area contributed by atoms with E-state index in [4.69, 9.17) is 5.26 Å². The van der Waals surface area contributed by atoms with Crippen LogP contribution in [-0.2, 0) is 6.54 Å². The zero-order chi connectivity index (χ0) is 9.80. The minimum absolute atomic E-state index is 0.567. The van der Waals surface area contributed by atoms with Crippen LogP contribution in [0.1, 0.15) is 11.1 Å². The van der Waals surface area contributed by atoms with Gasteiger partial charge in [-0.25, -0.2) is 9.67 Å². The van der Waals surface area contributed by atoms with Crippen LogP contribution in [0, 0.1) is 17.4 Å². The van der Waals surface area contributed by atoms with E-state index >= 15 is 0 Å². The number of nitriles is 1. The summed E-state index contributed by atoms with van der Waals surface area (Å²) in [4.78, 5) is 3.83. The molecule has 1 radical (unpaired) electrons. The van der Waals surface area contributed by atoms with Crippen molar-refractivity contribution in [3.8, 4) is 6.07 Å². The van der Waals surface area contributed by atoms with Gasteiger partial charge in [0.05, 0.1) is 18.2 Å². The zero-order valence-corrected chi connectivity index (χ0v) is 7.38. The average Bonchev–Trinajstić information content (AvgIpc) is 2.71. The first kappa shape index (κ1) is 8.45. The maximum atomic E-state index is 8.83. The normalized spacial score (nSPS) is 9.64. The maximum Gasteiger partial charge on any atom is 0.137 e. The lowest BCUT2D eigenvalue weighted by Gasteiger charge is -2.02. The molecule has 0 fully saturated rings. The Morgan fingerprint density at radius 3 is 3.21 bits per heavy atom. The first-order valence-corrected chi connectivity index (χ1v) is 4.11. The predicted molar refractivity (Wildman–Crippen MR) is 49.1 cm³/mol. The molecule has 0 atom stereocenters. The lowest BCUT2D eigenvalue weighted by Crippen LogP contribution is -2.01. The smallest absolute Gasteiger partial charge is 0.137 e. The SMILES string of the molecule is N#Cc1c[c]ccc1Cn1cncn1. The number of hydrogen-bond acceptors (Lipinski definition) is 3. The lowest BCUT2D eigenvalue weighted by atomic mass is 10.1. The van der Waals surface area contributed by atoms with E-state index < -0.39 is 0 Å². The van der Waals surface area contributed by atoms with Gasteiger partial charge in [-0.3, -0.25) is 0 Å². The van der Waals surface area contributed by atoms with Gasteiger partial charge in [0.1, 0.15) is 12.7 Å². The van der Waals surface area contributed by atoms with Crippen LogP contribution in [0.25, 0.3) is 0 Å². The fraction of sp³-hybridized carbons (Fsp3) is 0.100. The molecule has 2 aromatic rings. The number of rotatable bonds is 2. The van der Waals surface area contributed by atoms with Crippen LogP contribution in [0.2, 0.25) is 0 Å². The Balaban J connectivity index is 2.30. The van der Waals surface area contributed by atoms with E-state index in [-0.39, 0.29) is 0 Å². The Morgan fingerprint density at radius 1 is 1.57 bits per heavy atom. The van der Waals surface area contributed by atoms with Crippen molar-refractivity contribution in [2.75, 3.05) is 0 Å². The highest BCUT2D eigenvalue weighted by Crippen LogP contribution is 2.07. The molecule has 0 amide bonds. The van der Waals surface area contributed by atoms with Gasteiger partial charge in [0, 0.05) is 0 Å². The van der Waals surface area contributed by atoms with Crippen molar-refractivity contribution in [3.63, 3.8) is 0 Å². The van der Waals surface area contributed by atoms with Gasteiger partial charge in [-0.15, -0.1) is 0 Å². The number of aromatic nitrogens is 3. The second kappa shape index (κ2) is 3.71. The van der Waals surface area contributed by atoms with Crippen molar-refractivity contribution in [1.82, 2.24) is 14.8 Å². The van der Waals surface area contributed by atoms with E-state index in [1.807, 2.05) is 6.07 Å². The summed E-state index contributed by atoms with van der Waals surface area (Å²) in [6.45, 7) is 0.567. The number of hydrogen-bond donors (Lipinski definition) is 0. The number of nitrogens with zero attached hydrogens (tertiary/aromatic N) is 4. The highest BCUT2D eigenvalue weighted by Gasteiger charge is 2.01. The molecular weight excluding hydrogens is 176 g/mol. The summed E-state index contributed by atoms with van der Waals surface area (Å²) in [5, 5.41) is 12.8. The summed E-state index contributed by atoms with van der Waals surface area (Å²) < 4.78 is 1.68. The second-order valence-electron chi connectivity index (χ2n) is 2.79. The summed E-state index contributed by atoms with van der Waals surface area (Å²) in [5.41, 5.74) is 1.56. The van der Waals surface area contributed by atoms with Gasteiger partial charge in [-0.1, -0.05) is 12.1 Å². The third kappa shape index (κ3) is 1.62. The van der Waals surface area contributed by atoms with E-state index in [9.17, 15) is 0 Å². The minimum atomic E-state index is 0.567. The van der Waals surface area contributed by atoms with Gasteiger partial charge >= 0.3 is 0 Å². The van der Waals surface area contributed by atoms with Crippen LogP contribution in [0.5, 0.6) is 0 Å². The van der Waals surface area contributed by atoms with E-state index in [1.54, 1.807) is 23.1 Å². The average molecular weight is 183 g/mol. The van der Waals surface area contributed by atoms with Gasteiger partial charge in [-0.05, 0) is 17.7 Å². The molecule has 0 N–H and O–H groups in total. The Morgan fingerprint density at radius 2 is 2.50 bits per heavy atom. The van der Waals surface area contributed by atoms with Crippen molar-refractivity contribution in [2.45, 2.75) is 6.54 Å². The predicted octanol–water partition coefficient (Wildman–Crippen LogP) is 0.998. The largest absolute Gasteiger partial charge is 0.249 e. The molecule has 4 nitrogen and oxygen atoms in total. The third-order valence-electron chi connectivity index (χ3n) is 1.87. The summed E-state index contributed by atoms with van der Waals surface area (Å²) >= 11 is 0. The van der Waals surface area contributed by atoms with Crippen molar-refractivity contribution in [3.05, 3.63) is 48.0 Å². The topological polar surface area (TPSA) is 54.5 Å². The highest BCUT2D eigenvalue weighted by atomic mass is 15.3. The fourth-order valence-corrected chi connectivity index (χ4v) is 1.19. The third-order valence-corrected chi connectivity index (χ3v) is 1.87. The molecule has 0 aliphatic heterocycles. The van der Waals surface area contributed by atoms with Crippen LogP contribution < -0.4 is 0 Å². The molecule has 4 heteroatoms. The Kier molecular flexibility index (Phi) is 2.24. The molecule has 14 heavy (non-hydrogen) atoms. The molecule has 0 saturated heterocycles. The Hall–Kier alpha value is -2.15. The zero-order valence-electron chi connectivity index (χ0n) is 7.38. The quantitative estimate of drug-likeness (QED) is 0.697. The molecule has 67 valence electrons. The number of benzene rings is 1. The molecular formula is C10H7N4. The van der Waals surface area contributed by atoms with Crippen molar-refractivity contribution in [1.29, 1.82) is 5.26 Å². The van der Waals surface area contributed by atoms with Crippen LogP contribution in [0.3, 0.4) is 0 Å². The Bertz CT molecular complexity index is 453. The van der Waals surface area contributed by atoms with Crippen LogP contribution in [-0.4, -0.2) is 14.8 Å². The molecule has 1 aromatic heterocycles. The molecule has 2 rings (SSSR count). The first-order chi connectivity index (χ1) is 6.90. The minimum Gasteiger partial charge on any atom is -0.249 e. The first-order valence-electron chi connectivity index (χ1n) is 4.11. The van der Waals surface area contributed by atoms with E-state index in [0.29, 0.717) is 12.1 Å². The highest BCUT2D eigenvalue weighted by molar-refractivity contribution is 5.36. The van der Waals surface area contributed by atoms with Crippen LogP contribution >= 0.6 is 0 Å². The van der Waals surface area contributed by atoms with Crippen LogP contribution in [0.4, 0.5) is 0 Å². The van der Waals surface area contributed by atoms with Gasteiger partial charge in [0.2, 0.25) is 0 Å². The standard InChI is InChI=1S/C10H7N4/c11-5-9-3-1-2-4-10(9)6-14-8-12-7-13-14/h2-4,7-8H,6H2. The molecule has 0 bridgehead atoms. The lowest BCUT2D eigenvalue weighted by molar-refractivity contribution is 0.684. The Labute approximate surface area is 81.4 Å². The monoisotopic (exact) mass is 183 g/mol. The molecule has 0 aliphatic carbocycles. The van der Waals surface area contributed by atoms with Gasteiger partial charge < -0.3 is 0 Å². The van der Waals surface area contributed by atoms with E-state index in [0.717, 1.165) is 5.56 Å². The van der Waals surface area contributed by atoms with Crippen molar-refractivity contribution < 1.29 is 0 Å².